The Morgan fingerprint density at radius 3 is 2.65 bits per heavy atom. The van der Waals surface area contributed by atoms with Gasteiger partial charge in [-0.1, -0.05) is 26.8 Å². The number of imidazole rings is 1. The number of aromatic nitrogens is 2. The van der Waals surface area contributed by atoms with E-state index in [1.165, 1.54) is 0 Å². The first-order chi connectivity index (χ1) is 12.4. The summed E-state index contributed by atoms with van der Waals surface area (Å²) in [6.07, 6.45) is 1.93. The third-order valence-corrected chi connectivity index (χ3v) is 4.23. The Kier molecular flexibility index (Phi) is 3.83. The molecule has 0 spiro atoms. The van der Waals surface area contributed by atoms with Gasteiger partial charge in [-0.05, 0) is 24.3 Å². The van der Waals surface area contributed by atoms with Gasteiger partial charge < -0.3 is 19.2 Å². The van der Waals surface area contributed by atoms with Crippen molar-refractivity contribution in [1.29, 1.82) is 0 Å². The molecule has 1 N–H and O–H groups in total. The van der Waals surface area contributed by atoms with E-state index in [0.717, 1.165) is 11.3 Å². The van der Waals surface area contributed by atoms with Gasteiger partial charge in [0.1, 0.15) is 19.0 Å². The smallest absolute Gasteiger partial charge is 0.276 e. The van der Waals surface area contributed by atoms with Crippen LogP contribution in [0.1, 0.15) is 37.1 Å². The molecule has 6 nitrogen and oxygen atoms in total. The molecule has 0 saturated heterocycles. The minimum atomic E-state index is -0.249. The molecule has 0 radical (unpaired) electrons. The number of rotatable bonds is 2. The molecule has 0 aliphatic carbocycles. The molecule has 3 aromatic rings. The van der Waals surface area contributed by atoms with E-state index < -0.39 is 0 Å². The van der Waals surface area contributed by atoms with E-state index in [4.69, 9.17) is 9.47 Å². The quantitative estimate of drug-likeness (QED) is 0.765. The zero-order valence-corrected chi connectivity index (χ0v) is 15.1. The van der Waals surface area contributed by atoms with Gasteiger partial charge in [-0.3, -0.25) is 4.79 Å². The van der Waals surface area contributed by atoms with Crippen LogP contribution in [0, 0.1) is 0 Å². The molecule has 0 unspecified atom stereocenters. The van der Waals surface area contributed by atoms with Crippen LogP contribution in [0.3, 0.4) is 0 Å². The third kappa shape index (κ3) is 2.87. The number of nitrogens with zero attached hydrogens (tertiary/aromatic N) is 2. The first-order valence-electron chi connectivity index (χ1n) is 8.62. The molecule has 1 aliphatic heterocycles. The summed E-state index contributed by atoms with van der Waals surface area (Å²) in [6.45, 7) is 7.28. The number of hydrogen-bond acceptors (Lipinski definition) is 4. The minimum absolute atomic E-state index is 0.181. The molecule has 0 fully saturated rings. The fraction of sp³-hybridized carbons (Fsp3) is 0.300. The second-order valence-electron chi connectivity index (χ2n) is 7.30. The van der Waals surface area contributed by atoms with E-state index in [0.29, 0.717) is 36.1 Å². The molecule has 0 bridgehead atoms. The second-order valence-corrected chi connectivity index (χ2v) is 7.30. The highest BCUT2D eigenvalue weighted by Gasteiger charge is 2.25. The number of hydrogen-bond donors (Lipinski definition) is 1. The van der Waals surface area contributed by atoms with Crippen molar-refractivity contribution in [2.75, 3.05) is 18.5 Å². The molecule has 2 aromatic heterocycles. The standard InChI is InChI=1S/C20H21N3O3/c1-20(2,3)19-22-17(14-6-4-5-9-23(14)19)18(24)21-13-7-8-15-16(12-13)26-11-10-25-15/h4-9,12H,10-11H2,1-3H3,(H,21,24). The Hall–Kier alpha value is -3.02. The highest BCUT2D eigenvalue weighted by atomic mass is 16.6. The van der Waals surface area contributed by atoms with Crippen LogP contribution in [-0.2, 0) is 5.41 Å². The van der Waals surface area contributed by atoms with E-state index in [-0.39, 0.29) is 11.3 Å². The predicted octanol–water partition coefficient (Wildman–Crippen LogP) is 3.66. The zero-order valence-electron chi connectivity index (χ0n) is 15.1. The summed E-state index contributed by atoms with van der Waals surface area (Å²) in [5.41, 5.74) is 1.66. The summed E-state index contributed by atoms with van der Waals surface area (Å²) in [5, 5.41) is 2.91. The van der Waals surface area contributed by atoms with Crippen LogP contribution in [0.5, 0.6) is 11.5 Å². The van der Waals surface area contributed by atoms with Crippen LogP contribution in [-0.4, -0.2) is 28.5 Å². The van der Waals surface area contributed by atoms with Crippen LogP contribution >= 0.6 is 0 Å². The lowest BCUT2D eigenvalue weighted by molar-refractivity contribution is 0.102. The number of anilines is 1. The summed E-state index contributed by atoms with van der Waals surface area (Å²) in [6, 6.07) is 11.1. The fourth-order valence-electron chi connectivity index (χ4n) is 3.05. The molecule has 0 saturated carbocycles. The number of amides is 1. The number of carbonyl (C=O) groups is 1. The summed E-state index contributed by atoms with van der Waals surface area (Å²) >= 11 is 0. The number of ether oxygens (including phenoxy) is 2. The van der Waals surface area contributed by atoms with Crippen LogP contribution in [0.4, 0.5) is 5.69 Å². The lowest BCUT2D eigenvalue weighted by atomic mass is 9.96. The first-order valence-corrected chi connectivity index (χ1v) is 8.62. The number of fused-ring (bicyclic) bond motifs is 2. The highest BCUT2D eigenvalue weighted by molar-refractivity contribution is 6.07. The van der Waals surface area contributed by atoms with Crippen molar-refractivity contribution in [3.63, 3.8) is 0 Å². The summed E-state index contributed by atoms with van der Waals surface area (Å²) in [4.78, 5) is 17.5. The van der Waals surface area contributed by atoms with Gasteiger partial charge in [0, 0.05) is 23.4 Å². The SMILES string of the molecule is CC(C)(C)c1nc(C(=O)Nc2ccc3c(c2)OCCO3)c2ccccn12. The van der Waals surface area contributed by atoms with Gasteiger partial charge in [0.25, 0.3) is 5.91 Å². The van der Waals surface area contributed by atoms with Gasteiger partial charge in [-0.2, -0.15) is 0 Å². The molecule has 3 heterocycles. The van der Waals surface area contributed by atoms with Crippen molar-refractivity contribution in [2.24, 2.45) is 0 Å². The van der Waals surface area contributed by atoms with Gasteiger partial charge in [0.05, 0.1) is 5.52 Å². The fourth-order valence-corrected chi connectivity index (χ4v) is 3.05. The molecule has 134 valence electrons. The Bertz CT molecular complexity index is 986. The summed E-state index contributed by atoms with van der Waals surface area (Å²) < 4.78 is 13.1. The van der Waals surface area contributed by atoms with E-state index in [9.17, 15) is 4.79 Å². The van der Waals surface area contributed by atoms with Gasteiger partial charge in [0.2, 0.25) is 0 Å². The van der Waals surface area contributed by atoms with E-state index >= 15 is 0 Å². The monoisotopic (exact) mass is 351 g/mol. The van der Waals surface area contributed by atoms with Crippen molar-refractivity contribution < 1.29 is 14.3 Å². The molecule has 6 heteroatoms. The molecule has 0 atom stereocenters. The van der Waals surface area contributed by atoms with Gasteiger partial charge in [-0.25, -0.2) is 4.98 Å². The van der Waals surface area contributed by atoms with Crippen LogP contribution in [0.2, 0.25) is 0 Å². The molecule has 4 rings (SSSR count). The molecule has 1 aliphatic rings. The summed E-state index contributed by atoms with van der Waals surface area (Å²) in [7, 11) is 0. The summed E-state index contributed by atoms with van der Waals surface area (Å²) in [5.74, 6) is 1.93. The van der Waals surface area contributed by atoms with E-state index in [2.05, 4.69) is 31.1 Å². The number of nitrogens with one attached hydrogen (secondary N) is 1. The highest BCUT2D eigenvalue weighted by Crippen LogP contribution is 2.33. The van der Waals surface area contributed by atoms with Crippen molar-refractivity contribution in [1.82, 2.24) is 9.38 Å². The molecular weight excluding hydrogens is 330 g/mol. The van der Waals surface area contributed by atoms with Crippen LogP contribution in [0.25, 0.3) is 5.52 Å². The number of benzene rings is 1. The lowest BCUT2D eigenvalue weighted by Crippen LogP contribution is -2.17. The zero-order chi connectivity index (χ0) is 18.3. The normalized spacial score (nSPS) is 13.7. The minimum Gasteiger partial charge on any atom is -0.486 e. The first kappa shape index (κ1) is 16.4. The number of carbonyl (C=O) groups excluding carboxylic acids is 1. The Balaban J connectivity index is 1.69. The average molecular weight is 351 g/mol. The number of pyridine rings is 1. The van der Waals surface area contributed by atoms with Crippen molar-refractivity contribution in [3.05, 3.63) is 54.1 Å². The third-order valence-electron chi connectivity index (χ3n) is 4.23. The second kappa shape index (κ2) is 6.05. The maximum atomic E-state index is 12.9. The Labute approximate surface area is 151 Å². The molecule has 26 heavy (non-hydrogen) atoms. The maximum absolute atomic E-state index is 12.9. The Morgan fingerprint density at radius 1 is 1.12 bits per heavy atom. The van der Waals surface area contributed by atoms with Crippen molar-refractivity contribution in [2.45, 2.75) is 26.2 Å². The molecule has 1 aromatic carbocycles. The van der Waals surface area contributed by atoms with Crippen molar-refractivity contribution >= 4 is 17.1 Å². The average Bonchev–Trinajstić information content (AvgIpc) is 3.02. The molecular formula is C20H21N3O3. The lowest BCUT2D eigenvalue weighted by Gasteiger charge is -2.18. The maximum Gasteiger partial charge on any atom is 0.276 e. The van der Waals surface area contributed by atoms with Gasteiger partial charge >= 0.3 is 0 Å². The van der Waals surface area contributed by atoms with Gasteiger partial charge in [0.15, 0.2) is 17.2 Å². The van der Waals surface area contributed by atoms with Crippen LogP contribution in [0.15, 0.2) is 42.6 Å². The van der Waals surface area contributed by atoms with Gasteiger partial charge in [-0.15, -0.1) is 0 Å². The van der Waals surface area contributed by atoms with Crippen LogP contribution < -0.4 is 14.8 Å². The van der Waals surface area contributed by atoms with E-state index in [1.807, 2.05) is 28.8 Å². The molecule has 1 amide bonds. The topological polar surface area (TPSA) is 64.9 Å². The Morgan fingerprint density at radius 2 is 1.88 bits per heavy atom. The van der Waals surface area contributed by atoms with E-state index in [1.54, 1.807) is 18.2 Å². The predicted molar refractivity (Wildman–Crippen MR) is 99.3 cm³/mol. The largest absolute Gasteiger partial charge is 0.486 e. The van der Waals surface area contributed by atoms with Crippen molar-refractivity contribution in [3.8, 4) is 11.5 Å².